The lowest BCUT2D eigenvalue weighted by molar-refractivity contribution is -0.115. The number of hydrogen-bond acceptors (Lipinski definition) is 2. The fourth-order valence-corrected chi connectivity index (χ4v) is 4.39. The van der Waals surface area contributed by atoms with Crippen LogP contribution in [-0.4, -0.2) is 11.7 Å². The first-order valence-electron chi connectivity index (χ1n) is 7.65. The van der Waals surface area contributed by atoms with Gasteiger partial charge in [0.05, 0.1) is 6.42 Å². The maximum absolute atomic E-state index is 12.5. The number of nitrogens with one attached hydrogen (secondary N) is 1. The molecule has 104 valence electrons. The Kier molecular flexibility index (Phi) is 2.69. The molecule has 0 radical (unpaired) electrons. The second-order valence-electron chi connectivity index (χ2n) is 6.66. The summed E-state index contributed by atoms with van der Waals surface area (Å²) in [5.74, 6) is 2.57. The summed E-state index contributed by atoms with van der Waals surface area (Å²) in [6.45, 7) is 0. The highest BCUT2D eigenvalue weighted by Crippen LogP contribution is 2.49. The first kappa shape index (κ1) is 12.1. The molecule has 3 heteroatoms. The number of benzene rings is 1. The average molecular weight is 269 g/mol. The van der Waals surface area contributed by atoms with Gasteiger partial charge in [0, 0.05) is 17.7 Å². The third-order valence-electron chi connectivity index (χ3n) is 5.38. The van der Waals surface area contributed by atoms with E-state index < -0.39 is 0 Å². The van der Waals surface area contributed by atoms with Gasteiger partial charge in [0.1, 0.15) is 0 Å². The number of rotatable bonds is 3. The van der Waals surface area contributed by atoms with Gasteiger partial charge in [-0.2, -0.15) is 0 Å². The number of anilines is 1. The summed E-state index contributed by atoms with van der Waals surface area (Å²) < 4.78 is 0. The zero-order valence-corrected chi connectivity index (χ0v) is 11.5. The van der Waals surface area contributed by atoms with E-state index in [0.29, 0.717) is 18.8 Å². The van der Waals surface area contributed by atoms with Crippen molar-refractivity contribution in [2.24, 2.45) is 17.8 Å². The number of amides is 1. The van der Waals surface area contributed by atoms with Crippen molar-refractivity contribution < 1.29 is 9.59 Å². The summed E-state index contributed by atoms with van der Waals surface area (Å²) in [6.07, 6.45) is 6.40. The van der Waals surface area contributed by atoms with Gasteiger partial charge < -0.3 is 5.32 Å². The van der Waals surface area contributed by atoms with Crippen LogP contribution in [0.25, 0.3) is 0 Å². The third kappa shape index (κ3) is 1.96. The molecule has 0 spiro atoms. The van der Waals surface area contributed by atoms with Gasteiger partial charge in [-0.15, -0.1) is 0 Å². The molecule has 0 aromatic heterocycles. The van der Waals surface area contributed by atoms with E-state index in [4.69, 9.17) is 0 Å². The highest BCUT2D eigenvalue weighted by Gasteiger charge is 2.40. The standard InChI is InChI=1S/C17H19NO2/c19-16(8-13-6-10-1-2-11(13)5-10)12-3-4-15-14(7-12)9-17(20)18-15/h3-4,7,10-11,13H,1-2,5-6,8-9H2,(H,18,20). The van der Waals surface area contributed by atoms with Crippen LogP contribution < -0.4 is 5.32 Å². The summed E-state index contributed by atoms with van der Waals surface area (Å²) in [5.41, 5.74) is 2.61. The van der Waals surface area contributed by atoms with Crippen LogP contribution in [0.3, 0.4) is 0 Å². The fourth-order valence-electron chi connectivity index (χ4n) is 4.39. The molecule has 4 rings (SSSR count). The summed E-state index contributed by atoms with van der Waals surface area (Å²) in [4.78, 5) is 23.8. The van der Waals surface area contributed by atoms with E-state index in [2.05, 4.69) is 5.32 Å². The van der Waals surface area contributed by atoms with Crippen LogP contribution in [0, 0.1) is 17.8 Å². The van der Waals surface area contributed by atoms with E-state index in [1.54, 1.807) is 0 Å². The molecule has 3 nitrogen and oxygen atoms in total. The van der Waals surface area contributed by atoms with Crippen LogP contribution >= 0.6 is 0 Å². The number of hydrogen-bond donors (Lipinski definition) is 1. The Labute approximate surface area is 118 Å². The largest absolute Gasteiger partial charge is 0.326 e. The molecule has 3 unspecified atom stereocenters. The zero-order valence-electron chi connectivity index (χ0n) is 11.5. The van der Waals surface area contributed by atoms with Crippen LogP contribution in [0.15, 0.2) is 18.2 Å². The Morgan fingerprint density at radius 3 is 2.90 bits per heavy atom. The molecule has 20 heavy (non-hydrogen) atoms. The molecule has 2 bridgehead atoms. The molecule has 0 saturated heterocycles. The van der Waals surface area contributed by atoms with Gasteiger partial charge in [-0.3, -0.25) is 9.59 Å². The first-order valence-corrected chi connectivity index (χ1v) is 7.65. The van der Waals surface area contributed by atoms with Crippen LogP contribution in [-0.2, 0) is 11.2 Å². The molecule has 1 heterocycles. The van der Waals surface area contributed by atoms with E-state index in [0.717, 1.165) is 28.7 Å². The molecule has 2 aliphatic carbocycles. The van der Waals surface area contributed by atoms with Gasteiger partial charge >= 0.3 is 0 Å². The lowest BCUT2D eigenvalue weighted by Gasteiger charge is -2.20. The lowest BCUT2D eigenvalue weighted by Crippen LogP contribution is -2.15. The maximum atomic E-state index is 12.5. The Morgan fingerprint density at radius 1 is 1.25 bits per heavy atom. The molecule has 1 amide bonds. The predicted octanol–water partition coefficient (Wildman–Crippen LogP) is 3.19. The van der Waals surface area contributed by atoms with Crippen molar-refractivity contribution in [1.29, 1.82) is 0 Å². The van der Waals surface area contributed by atoms with Crippen LogP contribution in [0.4, 0.5) is 5.69 Å². The van der Waals surface area contributed by atoms with Crippen molar-refractivity contribution in [3.63, 3.8) is 0 Å². The van der Waals surface area contributed by atoms with Gasteiger partial charge in [-0.05, 0) is 60.8 Å². The van der Waals surface area contributed by atoms with Gasteiger partial charge in [-0.25, -0.2) is 0 Å². The van der Waals surface area contributed by atoms with E-state index in [9.17, 15) is 9.59 Å². The van der Waals surface area contributed by atoms with Crippen molar-refractivity contribution in [1.82, 2.24) is 0 Å². The molecule has 1 N–H and O–H groups in total. The van der Waals surface area contributed by atoms with Crippen molar-refractivity contribution in [2.75, 3.05) is 5.32 Å². The van der Waals surface area contributed by atoms with Gasteiger partial charge in [-0.1, -0.05) is 6.42 Å². The molecular formula is C17H19NO2. The van der Waals surface area contributed by atoms with E-state index in [-0.39, 0.29) is 11.7 Å². The second kappa shape index (κ2) is 4.44. The van der Waals surface area contributed by atoms with Gasteiger partial charge in [0.25, 0.3) is 0 Å². The van der Waals surface area contributed by atoms with Gasteiger partial charge in [0.2, 0.25) is 5.91 Å². The molecule has 1 aliphatic heterocycles. The van der Waals surface area contributed by atoms with E-state index in [1.807, 2.05) is 18.2 Å². The Hall–Kier alpha value is -1.64. The van der Waals surface area contributed by atoms with Crippen molar-refractivity contribution in [2.45, 2.75) is 38.5 Å². The van der Waals surface area contributed by atoms with Crippen LogP contribution in [0.5, 0.6) is 0 Å². The SMILES string of the molecule is O=C1Cc2cc(C(=O)CC3CC4CCC3C4)ccc2N1. The highest BCUT2D eigenvalue weighted by molar-refractivity contribution is 6.02. The lowest BCUT2D eigenvalue weighted by atomic mass is 9.84. The molecule has 1 aromatic rings. The van der Waals surface area contributed by atoms with Gasteiger partial charge in [0.15, 0.2) is 5.78 Å². The van der Waals surface area contributed by atoms with Crippen LogP contribution in [0.2, 0.25) is 0 Å². The predicted molar refractivity (Wildman–Crippen MR) is 76.7 cm³/mol. The minimum absolute atomic E-state index is 0.0256. The number of fused-ring (bicyclic) bond motifs is 3. The van der Waals surface area contributed by atoms with E-state index in [1.165, 1.54) is 25.7 Å². The summed E-state index contributed by atoms with van der Waals surface area (Å²) in [7, 11) is 0. The highest BCUT2D eigenvalue weighted by atomic mass is 16.1. The molecule has 1 aromatic carbocycles. The maximum Gasteiger partial charge on any atom is 0.228 e. The Morgan fingerprint density at radius 2 is 2.15 bits per heavy atom. The van der Waals surface area contributed by atoms with Crippen molar-refractivity contribution in [3.8, 4) is 0 Å². The third-order valence-corrected chi connectivity index (χ3v) is 5.38. The average Bonchev–Trinajstić information content (AvgIpc) is 3.10. The number of ketones is 1. The normalized spacial score (nSPS) is 30.4. The molecule has 3 atom stereocenters. The molecular weight excluding hydrogens is 250 g/mol. The van der Waals surface area contributed by atoms with Crippen LogP contribution in [0.1, 0.15) is 48.0 Å². The molecule has 2 fully saturated rings. The van der Waals surface area contributed by atoms with Crippen molar-refractivity contribution >= 4 is 17.4 Å². The minimum Gasteiger partial charge on any atom is -0.326 e. The minimum atomic E-state index is 0.0256. The molecule has 3 aliphatic rings. The zero-order chi connectivity index (χ0) is 13.7. The topological polar surface area (TPSA) is 46.2 Å². The fraction of sp³-hybridized carbons (Fsp3) is 0.529. The number of carbonyl (C=O) groups excluding carboxylic acids is 2. The first-order chi connectivity index (χ1) is 9.69. The summed E-state index contributed by atoms with van der Waals surface area (Å²) in [6, 6.07) is 5.64. The quantitative estimate of drug-likeness (QED) is 0.857. The Balaban J connectivity index is 1.49. The smallest absolute Gasteiger partial charge is 0.228 e. The molecule has 2 saturated carbocycles. The second-order valence-corrected chi connectivity index (χ2v) is 6.66. The monoisotopic (exact) mass is 269 g/mol. The number of carbonyl (C=O) groups is 2. The number of Topliss-reactive ketones (excluding diaryl/α,β-unsaturated/α-hetero) is 1. The summed E-state index contributed by atoms with van der Waals surface area (Å²) in [5, 5.41) is 2.81. The van der Waals surface area contributed by atoms with E-state index >= 15 is 0 Å². The Bertz CT molecular complexity index is 593. The summed E-state index contributed by atoms with van der Waals surface area (Å²) >= 11 is 0. The van der Waals surface area contributed by atoms with Crippen molar-refractivity contribution in [3.05, 3.63) is 29.3 Å².